The molecule has 0 aliphatic carbocycles. The molecule has 0 aromatic carbocycles. The van der Waals surface area contributed by atoms with Crippen molar-refractivity contribution in [3.63, 3.8) is 0 Å². The summed E-state index contributed by atoms with van der Waals surface area (Å²) < 4.78 is 0. The lowest BCUT2D eigenvalue weighted by Gasteiger charge is -2.09. The number of nitrogens with one attached hydrogen (secondary N) is 3. The van der Waals surface area contributed by atoms with Crippen molar-refractivity contribution in [3.8, 4) is 0 Å². The SMILES string of the molecule is Cc1nc(CNC(=O)NCC(=O)NC(C)C)sc1C(=O)O. The van der Waals surface area contributed by atoms with Gasteiger partial charge in [0.2, 0.25) is 5.91 Å². The highest BCUT2D eigenvalue weighted by Crippen LogP contribution is 2.17. The lowest BCUT2D eigenvalue weighted by Crippen LogP contribution is -2.43. The Kier molecular flexibility index (Phi) is 6.10. The fraction of sp³-hybridized carbons (Fsp3) is 0.500. The van der Waals surface area contributed by atoms with E-state index < -0.39 is 12.0 Å². The van der Waals surface area contributed by atoms with Crippen LogP contribution in [0.5, 0.6) is 0 Å². The number of thiazole rings is 1. The van der Waals surface area contributed by atoms with Gasteiger partial charge >= 0.3 is 12.0 Å². The van der Waals surface area contributed by atoms with Crippen LogP contribution in [0.3, 0.4) is 0 Å². The molecule has 21 heavy (non-hydrogen) atoms. The van der Waals surface area contributed by atoms with Gasteiger partial charge in [0.05, 0.1) is 18.8 Å². The number of carboxylic acids is 1. The van der Waals surface area contributed by atoms with Gasteiger partial charge in [-0.1, -0.05) is 0 Å². The van der Waals surface area contributed by atoms with E-state index >= 15 is 0 Å². The summed E-state index contributed by atoms with van der Waals surface area (Å²) in [5, 5.41) is 16.9. The molecule has 116 valence electrons. The van der Waals surface area contributed by atoms with E-state index in [-0.39, 0.29) is 29.9 Å². The molecule has 0 atom stereocenters. The first-order valence-electron chi connectivity index (χ1n) is 6.30. The largest absolute Gasteiger partial charge is 0.477 e. The third-order valence-electron chi connectivity index (χ3n) is 2.29. The Morgan fingerprint density at radius 1 is 1.29 bits per heavy atom. The van der Waals surface area contributed by atoms with Crippen LogP contribution in [0, 0.1) is 6.92 Å². The van der Waals surface area contributed by atoms with Crippen molar-refractivity contribution < 1.29 is 19.5 Å². The number of rotatable bonds is 6. The molecule has 0 saturated carbocycles. The Hall–Kier alpha value is -2.16. The fourth-order valence-electron chi connectivity index (χ4n) is 1.48. The van der Waals surface area contributed by atoms with Crippen LogP contribution in [0.25, 0.3) is 0 Å². The van der Waals surface area contributed by atoms with Crippen molar-refractivity contribution in [2.45, 2.75) is 33.4 Å². The molecule has 8 nitrogen and oxygen atoms in total. The number of urea groups is 1. The number of amides is 3. The van der Waals surface area contributed by atoms with Crippen LogP contribution in [-0.4, -0.2) is 40.6 Å². The molecule has 0 fully saturated rings. The Bertz CT molecular complexity index is 541. The van der Waals surface area contributed by atoms with Crippen molar-refractivity contribution in [1.29, 1.82) is 0 Å². The van der Waals surface area contributed by atoms with Gasteiger partial charge in [0, 0.05) is 6.04 Å². The molecule has 9 heteroatoms. The first-order valence-corrected chi connectivity index (χ1v) is 7.12. The van der Waals surface area contributed by atoms with Crippen LogP contribution in [0.4, 0.5) is 4.79 Å². The summed E-state index contributed by atoms with van der Waals surface area (Å²) in [6, 6.07) is -0.506. The Labute approximate surface area is 126 Å². The van der Waals surface area contributed by atoms with E-state index in [1.807, 2.05) is 13.8 Å². The second-order valence-corrected chi connectivity index (χ2v) is 5.67. The van der Waals surface area contributed by atoms with E-state index in [4.69, 9.17) is 5.11 Å². The molecule has 0 bridgehead atoms. The standard InChI is InChI=1S/C12H18N4O4S/c1-6(2)15-8(17)4-13-12(20)14-5-9-16-7(3)10(21-9)11(18)19/h6H,4-5H2,1-3H3,(H,15,17)(H,18,19)(H2,13,14,20). The van der Waals surface area contributed by atoms with Crippen LogP contribution < -0.4 is 16.0 Å². The topological polar surface area (TPSA) is 120 Å². The molecule has 1 aromatic heterocycles. The number of aryl methyl sites for hydroxylation is 1. The van der Waals surface area contributed by atoms with Gasteiger partial charge in [-0.25, -0.2) is 14.6 Å². The summed E-state index contributed by atoms with van der Waals surface area (Å²) in [6.07, 6.45) is 0. The van der Waals surface area contributed by atoms with E-state index in [9.17, 15) is 14.4 Å². The highest BCUT2D eigenvalue weighted by molar-refractivity contribution is 7.13. The van der Waals surface area contributed by atoms with E-state index in [0.717, 1.165) is 11.3 Å². The van der Waals surface area contributed by atoms with Crippen LogP contribution in [-0.2, 0) is 11.3 Å². The van der Waals surface area contributed by atoms with Crippen molar-refractivity contribution in [2.24, 2.45) is 0 Å². The normalized spacial score (nSPS) is 10.3. The van der Waals surface area contributed by atoms with E-state index in [0.29, 0.717) is 10.7 Å². The van der Waals surface area contributed by atoms with Gasteiger partial charge in [-0.3, -0.25) is 4.79 Å². The molecule has 0 saturated heterocycles. The van der Waals surface area contributed by atoms with E-state index in [1.54, 1.807) is 6.92 Å². The zero-order valence-electron chi connectivity index (χ0n) is 12.0. The van der Waals surface area contributed by atoms with Gasteiger partial charge in [0.1, 0.15) is 9.88 Å². The maximum absolute atomic E-state index is 11.5. The Balaban J connectivity index is 2.38. The van der Waals surface area contributed by atoms with Crippen LogP contribution in [0.15, 0.2) is 0 Å². The lowest BCUT2D eigenvalue weighted by molar-refractivity contribution is -0.120. The number of carbonyl (C=O) groups is 3. The fourth-order valence-corrected chi connectivity index (χ4v) is 2.32. The van der Waals surface area contributed by atoms with Gasteiger partial charge in [0.15, 0.2) is 0 Å². The molecule has 0 aliphatic heterocycles. The monoisotopic (exact) mass is 314 g/mol. The number of hydrogen-bond donors (Lipinski definition) is 4. The molecule has 1 rings (SSSR count). The quantitative estimate of drug-likeness (QED) is 0.608. The Morgan fingerprint density at radius 3 is 2.48 bits per heavy atom. The molecular weight excluding hydrogens is 296 g/mol. The van der Waals surface area contributed by atoms with Gasteiger partial charge in [-0.05, 0) is 20.8 Å². The summed E-state index contributed by atoms with van der Waals surface area (Å²) in [5.41, 5.74) is 0.418. The van der Waals surface area contributed by atoms with Gasteiger partial charge in [-0.15, -0.1) is 11.3 Å². The minimum atomic E-state index is -1.04. The predicted molar refractivity (Wildman–Crippen MR) is 77.3 cm³/mol. The molecule has 3 amide bonds. The average molecular weight is 314 g/mol. The summed E-state index contributed by atoms with van der Waals surface area (Å²) >= 11 is 1.01. The second kappa shape index (κ2) is 7.58. The molecule has 1 aromatic rings. The van der Waals surface area contributed by atoms with Crippen molar-refractivity contribution in [3.05, 3.63) is 15.6 Å². The van der Waals surface area contributed by atoms with Crippen molar-refractivity contribution in [1.82, 2.24) is 20.9 Å². The van der Waals surface area contributed by atoms with E-state index in [1.165, 1.54) is 0 Å². The molecule has 0 aliphatic rings. The molecule has 0 radical (unpaired) electrons. The van der Waals surface area contributed by atoms with E-state index in [2.05, 4.69) is 20.9 Å². The molecule has 0 spiro atoms. The van der Waals surface area contributed by atoms with Crippen LogP contribution in [0.2, 0.25) is 0 Å². The number of carbonyl (C=O) groups excluding carboxylic acids is 2. The van der Waals surface area contributed by atoms with Crippen molar-refractivity contribution in [2.75, 3.05) is 6.54 Å². The number of hydrogen-bond acceptors (Lipinski definition) is 5. The summed E-state index contributed by atoms with van der Waals surface area (Å²) in [7, 11) is 0. The second-order valence-electron chi connectivity index (χ2n) is 4.59. The van der Waals surface area contributed by atoms with Gasteiger partial charge < -0.3 is 21.1 Å². The molecule has 4 N–H and O–H groups in total. The van der Waals surface area contributed by atoms with Crippen LogP contribution >= 0.6 is 11.3 Å². The third-order valence-corrected chi connectivity index (χ3v) is 3.44. The van der Waals surface area contributed by atoms with Gasteiger partial charge in [-0.2, -0.15) is 0 Å². The number of nitrogens with zero attached hydrogens (tertiary/aromatic N) is 1. The first-order chi connectivity index (χ1) is 9.79. The number of carboxylic acid groups (broad SMARTS) is 1. The smallest absolute Gasteiger partial charge is 0.347 e. The van der Waals surface area contributed by atoms with Crippen molar-refractivity contribution >= 4 is 29.2 Å². The third kappa shape index (κ3) is 5.78. The lowest BCUT2D eigenvalue weighted by atomic mass is 10.4. The average Bonchev–Trinajstić information content (AvgIpc) is 2.74. The predicted octanol–water partition coefficient (Wildman–Crippen LogP) is 0.474. The summed E-state index contributed by atoms with van der Waals surface area (Å²) in [6.45, 7) is 5.23. The Morgan fingerprint density at radius 2 is 1.95 bits per heavy atom. The number of aromatic nitrogens is 1. The first kappa shape index (κ1) is 16.9. The van der Waals surface area contributed by atoms with Gasteiger partial charge in [0.25, 0.3) is 0 Å². The highest BCUT2D eigenvalue weighted by Gasteiger charge is 2.14. The number of aromatic carboxylic acids is 1. The maximum Gasteiger partial charge on any atom is 0.347 e. The summed E-state index contributed by atoms with van der Waals surface area (Å²) in [5.74, 6) is -1.32. The minimum Gasteiger partial charge on any atom is -0.477 e. The zero-order chi connectivity index (χ0) is 16.0. The summed E-state index contributed by atoms with van der Waals surface area (Å²) in [4.78, 5) is 37.9. The molecule has 0 unspecified atom stereocenters. The zero-order valence-corrected chi connectivity index (χ0v) is 12.8. The molecule has 1 heterocycles. The molecular formula is C12H18N4O4S. The van der Waals surface area contributed by atoms with Crippen LogP contribution in [0.1, 0.15) is 34.2 Å². The highest BCUT2D eigenvalue weighted by atomic mass is 32.1. The minimum absolute atomic E-state index is 0.00935. The maximum atomic E-state index is 11.5.